The Morgan fingerprint density at radius 2 is 1.35 bits per heavy atom. The van der Waals surface area contributed by atoms with Crippen molar-refractivity contribution in [1.82, 2.24) is 14.8 Å². The maximum atomic E-state index is 4.73. The first kappa shape index (κ1) is 21.5. The van der Waals surface area contributed by atoms with E-state index < -0.39 is 0 Å². The highest BCUT2D eigenvalue weighted by Gasteiger charge is 2.24. The Bertz CT molecular complexity index is 1180. The van der Waals surface area contributed by atoms with E-state index in [9.17, 15) is 0 Å². The van der Waals surface area contributed by atoms with E-state index in [1.54, 1.807) is 0 Å². The molecule has 0 aliphatic heterocycles. The van der Waals surface area contributed by atoms with Crippen molar-refractivity contribution < 1.29 is 0 Å². The minimum Gasteiger partial charge on any atom is -0.274 e. The lowest BCUT2D eigenvalue weighted by Crippen LogP contribution is -2.10. The van der Waals surface area contributed by atoms with Gasteiger partial charge < -0.3 is 0 Å². The van der Waals surface area contributed by atoms with Gasteiger partial charge in [0.05, 0.1) is 5.69 Å². The van der Waals surface area contributed by atoms with Gasteiger partial charge in [0, 0.05) is 15.6 Å². The first-order valence-corrected chi connectivity index (χ1v) is 11.6. The lowest BCUT2D eigenvalue weighted by molar-refractivity contribution is 0.807. The Morgan fingerprint density at radius 1 is 0.742 bits per heavy atom. The van der Waals surface area contributed by atoms with Crippen molar-refractivity contribution in [3.05, 3.63) is 87.9 Å². The molecule has 4 aromatic rings. The summed E-state index contributed by atoms with van der Waals surface area (Å²) in [5, 5.41) is 9.44. The van der Waals surface area contributed by atoms with Crippen LogP contribution in [0.25, 0.3) is 28.5 Å². The minimum absolute atomic E-state index is 0.371. The fourth-order valence-electron chi connectivity index (χ4n) is 4.05. The first-order chi connectivity index (χ1) is 14.9. The molecule has 0 bridgehead atoms. The van der Waals surface area contributed by atoms with Crippen LogP contribution in [0.5, 0.6) is 0 Å². The van der Waals surface area contributed by atoms with Crippen LogP contribution >= 0.6 is 15.9 Å². The number of nitrogens with zero attached hydrogens (tertiary/aromatic N) is 3. The zero-order valence-electron chi connectivity index (χ0n) is 18.7. The zero-order chi connectivity index (χ0) is 22.1. The third-order valence-electron chi connectivity index (χ3n) is 5.70. The third-order valence-corrected chi connectivity index (χ3v) is 6.19. The molecule has 31 heavy (non-hydrogen) atoms. The number of aromatic nitrogens is 3. The lowest BCUT2D eigenvalue weighted by atomic mass is 9.92. The summed E-state index contributed by atoms with van der Waals surface area (Å²) in [6, 6.07) is 23.3. The predicted molar refractivity (Wildman–Crippen MR) is 133 cm³/mol. The summed E-state index contributed by atoms with van der Waals surface area (Å²) < 4.78 is 3.31. The van der Waals surface area contributed by atoms with Gasteiger partial charge in [0.25, 0.3) is 0 Å². The monoisotopic (exact) mass is 473 g/mol. The molecule has 3 aromatic carbocycles. The Morgan fingerprint density at radius 3 is 1.97 bits per heavy atom. The van der Waals surface area contributed by atoms with Crippen LogP contribution in [0.1, 0.15) is 56.2 Å². The minimum atomic E-state index is 0.371. The van der Waals surface area contributed by atoms with Gasteiger partial charge in [-0.05, 0) is 47.6 Å². The van der Waals surface area contributed by atoms with Crippen molar-refractivity contribution in [2.24, 2.45) is 0 Å². The summed E-state index contributed by atoms with van der Waals surface area (Å²) in [5.74, 6) is 2.48. The van der Waals surface area contributed by atoms with Gasteiger partial charge in [-0.3, -0.25) is 4.57 Å². The second-order valence-corrected chi connectivity index (χ2v) is 9.52. The number of halogens is 1. The van der Waals surface area contributed by atoms with Crippen molar-refractivity contribution in [2.45, 2.75) is 46.5 Å². The molecule has 3 nitrogen and oxygen atoms in total. The largest absolute Gasteiger partial charge is 0.274 e. The van der Waals surface area contributed by atoms with E-state index in [2.05, 4.69) is 116 Å². The summed E-state index contributed by atoms with van der Waals surface area (Å²) >= 11 is 3.64. The van der Waals surface area contributed by atoms with E-state index in [0.29, 0.717) is 11.8 Å². The number of hydrogen-bond donors (Lipinski definition) is 0. The summed E-state index contributed by atoms with van der Waals surface area (Å²) in [5.41, 5.74) is 7.11. The average molecular weight is 474 g/mol. The van der Waals surface area contributed by atoms with Crippen LogP contribution in [-0.4, -0.2) is 14.8 Å². The molecule has 0 unspecified atom stereocenters. The number of benzene rings is 3. The molecular weight excluding hydrogens is 446 g/mol. The highest BCUT2D eigenvalue weighted by Crippen LogP contribution is 2.38. The Balaban J connectivity index is 2.13. The predicted octanol–water partition coefficient (Wildman–Crippen LogP) is 7.92. The molecule has 1 heterocycles. The van der Waals surface area contributed by atoms with Crippen LogP contribution in [0.2, 0.25) is 0 Å². The Hall–Kier alpha value is -2.72. The summed E-state index contributed by atoms with van der Waals surface area (Å²) in [7, 11) is 0. The van der Waals surface area contributed by atoms with Crippen LogP contribution < -0.4 is 0 Å². The summed E-state index contributed by atoms with van der Waals surface area (Å²) in [6.45, 7) is 11.1. The van der Waals surface area contributed by atoms with Crippen LogP contribution in [0.4, 0.5) is 0 Å². The second kappa shape index (κ2) is 8.80. The van der Waals surface area contributed by atoms with Gasteiger partial charge in [-0.25, -0.2) is 0 Å². The fourth-order valence-corrected chi connectivity index (χ4v) is 4.41. The van der Waals surface area contributed by atoms with E-state index in [0.717, 1.165) is 27.2 Å². The maximum Gasteiger partial charge on any atom is 0.169 e. The smallest absolute Gasteiger partial charge is 0.169 e. The molecule has 158 valence electrons. The fraction of sp³-hybridized carbons (Fsp3) is 0.259. The topological polar surface area (TPSA) is 30.7 Å². The molecule has 0 N–H and O–H groups in total. The van der Waals surface area contributed by atoms with Crippen molar-refractivity contribution in [1.29, 1.82) is 0 Å². The van der Waals surface area contributed by atoms with Gasteiger partial charge in [-0.15, -0.1) is 10.2 Å². The summed E-state index contributed by atoms with van der Waals surface area (Å²) in [6.07, 6.45) is 0. The van der Waals surface area contributed by atoms with Crippen LogP contribution in [0, 0.1) is 6.92 Å². The van der Waals surface area contributed by atoms with Gasteiger partial charge >= 0.3 is 0 Å². The van der Waals surface area contributed by atoms with Gasteiger partial charge in [0.2, 0.25) is 0 Å². The lowest BCUT2D eigenvalue weighted by Gasteiger charge is -2.23. The van der Waals surface area contributed by atoms with Gasteiger partial charge in [0.15, 0.2) is 11.6 Å². The molecular formula is C27H28BrN3. The molecule has 0 amide bonds. The van der Waals surface area contributed by atoms with E-state index >= 15 is 0 Å². The third kappa shape index (κ3) is 4.09. The van der Waals surface area contributed by atoms with Crippen molar-refractivity contribution >= 4 is 15.9 Å². The quantitative estimate of drug-likeness (QED) is 0.294. The van der Waals surface area contributed by atoms with Crippen LogP contribution in [0.15, 0.2) is 71.2 Å². The molecule has 0 atom stereocenters. The van der Waals surface area contributed by atoms with Crippen molar-refractivity contribution in [3.63, 3.8) is 0 Å². The molecule has 4 rings (SSSR count). The Labute approximate surface area is 193 Å². The van der Waals surface area contributed by atoms with Crippen molar-refractivity contribution in [2.75, 3.05) is 0 Å². The molecule has 0 aliphatic rings. The van der Waals surface area contributed by atoms with E-state index in [1.165, 1.54) is 22.4 Å². The van der Waals surface area contributed by atoms with Crippen molar-refractivity contribution in [3.8, 4) is 28.5 Å². The normalized spacial score (nSPS) is 11.5. The van der Waals surface area contributed by atoms with Crippen LogP contribution in [0.3, 0.4) is 0 Å². The van der Waals surface area contributed by atoms with E-state index in [4.69, 9.17) is 10.2 Å². The SMILES string of the molecule is Cc1ccc(Br)cc1-c1nnc(-c2ccccc2)n1-c1c(C(C)C)cccc1C(C)C. The number of rotatable bonds is 5. The van der Waals surface area contributed by atoms with Crippen LogP contribution in [-0.2, 0) is 0 Å². The Kier molecular flexibility index (Phi) is 6.10. The number of hydrogen-bond acceptors (Lipinski definition) is 2. The van der Waals surface area contributed by atoms with Gasteiger partial charge in [-0.1, -0.05) is 98.2 Å². The molecule has 0 saturated carbocycles. The van der Waals surface area contributed by atoms with E-state index in [1.807, 2.05) is 6.07 Å². The van der Waals surface area contributed by atoms with Gasteiger partial charge in [0.1, 0.15) is 0 Å². The highest BCUT2D eigenvalue weighted by molar-refractivity contribution is 9.10. The second-order valence-electron chi connectivity index (χ2n) is 8.60. The van der Waals surface area contributed by atoms with E-state index in [-0.39, 0.29) is 0 Å². The molecule has 0 saturated heterocycles. The zero-order valence-corrected chi connectivity index (χ0v) is 20.3. The highest BCUT2D eigenvalue weighted by atomic mass is 79.9. The van der Waals surface area contributed by atoms with Gasteiger partial charge in [-0.2, -0.15) is 0 Å². The summed E-state index contributed by atoms with van der Waals surface area (Å²) in [4.78, 5) is 0. The molecule has 0 spiro atoms. The average Bonchev–Trinajstić information content (AvgIpc) is 3.19. The molecule has 0 aliphatic carbocycles. The molecule has 1 aromatic heterocycles. The molecule has 0 fully saturated rings. The number of para-hydroxylation sites is 1. The molecule has 0 radical (unpaired) electrons. The molecule has 4 heteroatoms. The standard InChI is InChI=1S/C27H28BrN3/c1-17(2)22-12-9-13-23(18(3)4)25(22)31-26(20-10-7-6-8-11-20)29-30-27(31)24-16-21(28)15-14-19(24)5/h6-18H,1-5H3. The number of aryl methyl sites for hydroxylation is 1. The first-order valence-electron chi connectivity index (χ1n) is 10.8. The maximum absolute atomic E-state index is 4.73.